The highest BCUT2D eigenvalue weighted by molar-refractivity contribution is 9.11. The molecule has 166 valence electrons. The Kier molecular flexibility index (Phi) is 10.4. The molecule has 0 unspecified atom stereocenters. The van der Waals surface area contributed by atoms with E-state index in [0.717, 1.165) is 0 Å². The molecule has 0 spiro atoms. The first-order chi connectivity index (χ1) is 13.3. The third-order valence-corrected chi connectivity index (χ3v) is 5.18. The van der Waals surface area contributed by atoms with Crippen molar-refractivity contribution in [2.45, 2.75) is 86.1 Å². The van der Waals surface area contributed by atoms with Crippen LogP contribution in [0.25, 0.3) is 0 Å². The van der Waals surface area contributed by atoms with Crippen LogP contribution in [-0.2, 0) is 28.4 Å². The van der Waals surface area contributed by atoms with Crippen LogP contribution >= 0.6 is 15.9 Å². The average molecular weight is 475 g/mol. The molecular formula is C21H36BBrO6. The molecule has 0 saturated carbocycles. The summed E-state index contributed by atoms with van der Waals surface area (Å²) in [4.78, 5) is 25.8. The molecule has 1 rings (SSSR count). The maximum atomic E-state index is 12.9. The normalized spacial score (nSPS) is 19.9. The highest BCUT2D eigenvalue weighted by Crippen LogP contribution is 2.28. The van der Waals surface area contributed by atoms with Crippen molar-refractivity contribution in [1.82, 2.24) is 0 Å². The van der Waals surface area contributed by atoms with E-state index in [9.17, 15) is 9.59 Å². The molecule has 8 heteroatoms. The molecule has 0 bridgehead atoms. The summed E-state index contributed by atoms with van der Waals surface area (Å²) in [7, 11) is -0.773. The van der Waals surface area contributed by atoms with Gasteiger partial charge in [-0.05, 0) is 28.2 Å². The first kappa shape index (κ1) is 26.2. The van der Waals surface area contributed by atoms with Crippen LogP contribution in [0.4, 0.5) is 0 Å². The van der Waals surface area contributed by atoms with Crippen molar-refractivity contribution >= 4 is 35.0 Å². The minimum atomic E-state index is -1.17. The average Bonchev–Trinajstić information content (AvgIpc) is 2.99. The van der Waals surface area contributed by atoms with E-state index in [0.29, 0.717) is 10.8 Å². The summed E-state index contributed by atoms with van der Waals surface area (Å²) in [6.45, 7) is 19.7. The Labute approximate surface area is 184 Å². The van der Waals surface area contributed by atoms with Crippen molar-refractivity contribution < 1.29 is 28.4 Å². The van der Waals surface area contributed by atoms with Gasteiger partial charge in [-0.1, -0.05) is 77.9 Å². The van der Waals surface area contributed by atoms with Crippen LogP contribution in [0.15, 0.2) is 11.1 Å². The van der Waals surface area contributed by atoms with Crippen LogP contribution in [0.5, 0.6) is 0 Å². The highest BCUT2D eigenvalue weighted by Gasteiger charge is 2.50. The fourth-order valence-electron chi connectivity index (χ4n) is 3.62. The molecule has 6 nitrogen and oxygen atoms in total. The van der Waals surface area contributed by atoms with Gasteiger partial charge in [0, 0.05) is 6.32 Å². The molecule has 0 aliphatic carbocycles. The summed E-state index contributed by atoms with van der Waals surface area (Å²) in [6, 6.07) is 0. The zero-order valence-electron chi connectivity index (χ0n) is 18.9. The largest absolute Gasteiger partial charge is 0.463 e. The second-order valence-electron chi connectivity index (χ2n) is 9.04. The van der Waals surface area contributed by atoms with E-state index in [4.69, 9.17) is 18.8 Å². The zero-order valence-corrected chi connectivity index (χ0v) is 20.5. The number of esters is 2. The molecule has 0 aromatic carbocycles. The SMILES string of the molecule is C=C(Br)CB1O[C@H](C(=O)OC(C(C)C)C(C)C)[C@@H](C(=O)OC(C(C)C)C(C)C)O1. The van der Waals surface area contributed by atoms with Gasteiger partial charge in [-0.2, -0.15) is 0 Å². The summed E-state index contributed by atoms with van der Waals surface area (Å²) < 4.78 is 23.5. The maximum Gasteiger partial charge on any atom is 0.463 e. The molecular weight excluding hydrogens is 439 g/mol. The van der Waals surface area contributed by atoms with Gasteiger partial charge < -0.3 is 18.8 Å². The first-order valence-electron chi connectivity index (χ1n) is 10.4. The first-order valence-corrected chi connectivity index (χ1v) is 11.2. The molecule has 1 saturated heterocycles. The molecule has 0 aromatic heterocycles. The van der Waals surface area contributed by atoms with Gasteiger partial charge in [-0.3, -0.25) is 0 Å². The third-order valence-electron chi connectivity index (χ3n) is 4.86. The van der Waals surface area contributed by atoms with E-state index in [2.05, 4.69) is 22.5 Å². The van der Waals surface area contributed by atoms with Crippen molar-refractivity contribution in [1.29, 1.82) is 0 Å². The Balaban J connectivity index is 3.01. The fraction of sp³-hybridized carbons (Fsp3) is 0.810. The number of rotatable bonds is 10. The number of hydrogen-bond donors (Lipinski definition) is 0. The minimum absolute atomic E-state index is 0.135. The van der Waals surface area contributed by atoms with Crippen LogP contribution in [0, 0.1) is 23.7 Å². The van der Waals surface area contributed by atoms with Gasteiger partial charge in [0.1, 0.15) is 12.2 Å². The Morgan fingerprint density at radius 3 is 1.38 bits per heavy atom. The van der Waals surface area contributed by atoms with Gasteiger partial charge in [0.15, 0.2) is 12.2 Å². The summed E-state index contributed by atoms with van der Waals surface area (Å²) in [5.41, 5.74) is 0. The van der Waals surface area contributed by atoms with Crippen LogP contribution in [0.3, 0.4) is 0 Å². The standard InChI is InChI=1S/C21H36BBrO6/c1-11(2)16(12(3)4)26-20(24)18-19(29-22(28-18)10-15(9)23)21(25)27-17(13(5)6)14(7)8/h11-14,16-19H,9-10H2,1-8H3/t18-,19-/m0/s1. The number of carbonyl (C=O) groups excluding carboxylic acids is 2. The Morgan fingerprint density at radius 2 is 1.14 bits per heavy atom. The smallest absolute Gasteiger partial charge is 0.460 e. The van der Waals surface area contributed by atoms with Crippen molar-refractivity contribution in [3.8, 4) is 0 Å². The Hall–Kier alpha value is -0.855. The van der Waals surface area contributed by atoms with Gasteiger partial charge >= 0.3 is 19.1 Å². The Morgan fingerprint density at radius 1 is 0.828 bits per heavy atom. The minimum Gasteiger partial charge on any atom is -0.460 e. The topological polar surface area (TPSA) is 71.1 Å². The van der Waals surface area contributed by atoms with Crippen molar-refractivity contribution in [3.05, 3.63) is 11.1 Å². The van der Waals surface area contributed by atoms with Gasteiger partial charge in [0.05, 0.1) is 0 Å². The van der Waals surface area contributed by atoms with Gasteiger partial charge in [0.2, 0.25) is 0 Å². The fourth-order valence-corrected chi connectivity index (χ4v) is 3.89. The predicted octanol–water partition coefficient (Wildman–Crippen LogP) is 4.61. The number of hydrogen-bond acceptors (Lipinski definition) is 6. The van der Waals surface area contributed by atoms with Crippen molar-refractivity contribution in [2.75, 3.05) is 0 Å². The van der Waals surface area contributed by atoms with Crippen LogP contribution in [0.1, 0.15) is 55.4 Å². The molecule has 2 atom stereocenters. The zero-order chi connectivity index (χ0) is 22.5. The second-order valence-corrected chi connectivity index (χ2v) is 10.2. The second kappa shape index (κ2) is 11.5. The lowest BCUT2D eigenvalue weighted by atomic mass is 9.85. The predicted molar refractivity (Wildman–Crippen MR) is 117 cm³/mol. The van der Waals surface area contributed by atoms with Gasteiger partial charge in [-0.15, -0.1) is 0 Å². The molecule has 1 heterocycles. The van der Waals surface area contributed by atoms with E-state index >= 15 is 0 Å². The molecule has 1 aliphatic heterocycles. The summed E-state index contributed by atoms with van der Waals surface area (Å²) in [6.07, 6.45) is -2.60. The molecule has 0 amide bonds. The number of allylic oxidation sites excluding steroid dienone is 1. The summed E-state index contributed by atoms with van der Waals surface area (Å²) in [5.74, 6) is -0.667. The molecule has 0 radical (unpaired) electrons. The lowest BCUT2D eigenvalue weighted by Gasteiger charge is -2.28. The Bertz CT molecular complexity index is 520. The quantitative estimate of drug-likeness (QED) is 0.340. The molecule has 1 fully saturated rings. The van der Waals surface area contributed by atoms with Crippen molar-refractivity contribution in [3.63, 3.8) is 0 Å². The lowest BCUT2D eigenvalue weighted by molar-refractivity contribution is -0.174. The van der Waals surface area contributed by atoms with Crippen molar-refractivity contribution in [2.24, 2.45) is 23.7 Å². The molecule has 1 aliphatic rings. The third kappa shape index (κ3) is 7.72. The highest BCUT2D eigenvalue weighted by atomic mass is 79.9. The van der Waals surface area contributed by atoms with E-state index in [1.807, 2.05) is 55.4 Å². The lowest BCUT2D eigenvalue weighted by Crippen LogP contribution is -2.44. The molecule has 0 aromatic rings. The van der Waals surface area contributed by atoms with E-state index in [-0.39, 0.29) is 35.9 Å². The van der Waals surface area contributed by atoms with E-state index in [1.54, 1.807) is 0 Å². The van der Waals surface area contributed by atoms with E-state index in [1.165, 1.54) is 0 Å². The molecule has 29 heavy (non-hydrogen) atoms. The van der Waals surface area contributed by atoms with Crippen LogP contribution < -0.4 is 0 Å². The van der Waals surface area contributed by atoms with Crippen LogP contribution in [0.2, 0.25) is 6.32 Å². The van der Waals surface area contributed by atoms with Gasteiger partial charge in [0.25, 0.3) is 0 Å². The monoisotopic (exact) mass is 474 g/mol. The molecule has 0 N–H and O–H groups in total. The summed E-state index contributed by atoms with van der Waals surface area (Å²) >= 11 is 3.27. The van der Waals surface area contributed by atoms with Gasteiger partial charge in [-0.25, -0.2) is 9.59 Å². The van der Waals surface area contributed by atoms with Crippen LogP contribution in [-0.4, -0.2) is 43.5 Å². The van der Waals surface area contributed by atoms with E-state index < -0.39 is 31.3 Å². The number of ether oxygens (including phenoxy) is 2. The summed E-state index contributed by atoms with van der Waals surface area (Å²) in [5, 5.41) is 0. The number of halogens is 1. The number of carbonyl (C=O) groups is 2. The maximum absolute atomic E-state index is 12.9.